The number of hydrogen-bond acceptors (Lipinski definition) is 3. The molecule has 142 valence electrons. The van der Waals surface area contributed by atoms with Crippen molar-refractivity contribution in [3.05, 3.63) is 29.1 Å². The first kappa shape index (κ1) is 17.8. The van der Waals surface area contributed by atoms with Gasteiger partial charge in [-0.1, -0.05) is 26.7 Å². The van der Waals surface area contributed by atoms with Crippen LogP contribution >= 0.6 is 0 Å². The molecule has 0 atom stereocenters. The van der Waals surface area contributed by atoms with E-state index in [4.69, 9.17) is 9.47 Å². The Morgan fingerprint density at radius 1 is 1.27 bits per heavy atom. The second kappa shape index (κ2) is 6.86. The van der Waals surface area contributed by atoms with Crippen molar-refractivity contribution in [1.29, 1.82) is 0 Å². The molecule has 0 spiro atoms. The lowest BCUT2D eigenvalue weighted by Gasteiger charge is -2.52. The van der Waals surface area contributed by atoms with Crippen LogP contribution in [0.5, 0.6) is 5.75 Å². The Labute approximate surface area is 155 Å². The van der Waals surface area contributed by atoms with Crippen molar-refractivity contribution in [2.24, 2.45) is 17.3 Å². The quantitative estimate of drug-likeness (QED) is 0.604. The molecule has 1 aromatic carbocycles. The van der Waals surface area contributed by atoms with Gasteiger partial charge in [0.25, 0.3) is 0 Å². The standard InChI is InChI=1S/C22H29FO3/c1-14(2)12-25-21(24)18-8-17(16-5-6-16)20(9-19(18)23)26-13-22-7-3-4-15(10-22)11-22/h8-9,14-16H,3-7,10-13H2,1-2H3. The molecule has 4 saturated carbocycles. The smallest absolute Gasteiger partial charge is 0.341 e. The number of ether oxygens (including phenoxy) is 2. The van der Waals surface area contributed by atoms with Gasteiger partial charge in [0, 0.05) is 11.5 Å². The van der Waals surface area contributed by atoms with Gasteiger partial charge >= 0.3 is 5.97 Å². The van der Waals surface area contributed by atoms with E-state index in [0.717, 1.165) is 24.3 Å². The summed E-state index contributed by atoms with van der Waals surface area (Å²) < 4.78 is 25.9. The number of esters is 1. The average molecular weight is 360 g/mol. The summed E-state index contributed by atoms with van der Waals surface area (Å²) >= 11 is 0. The predicted molar refractivity (Wildman–Crippen MR) is 98.0 cm³/mol. The summed E-state index contributed by atoms with van der Waals surface area (Å²) in [4.78, 5) is 12.2. The average Bonchev–Trinajstić information content (AvgIpc) is 3.42. The first-order chi connectivity index (χ1) is 12.5. The van der Waals surface area contributed by atoms with Crippen molar-refractivity contribution in [3.63, 3.8) is 0 Å². The van der Waals surface area contributed by atoms with Gasteiger partial charge in [-0.2, -0.15) is 0 Å². The maximum Gasteiger partial charge on any atom is 0.341 e. The van der Waals surface area contributed by atoms with E-state index >= 15 is 0 Å². The third kappa shape index (κ3) is 3.60. The molecule has 0 radical (unpaired) electrons. The van der Waals surface area contributed by atoms with Crippen molar-refractivity contribution in [2.45, 2.75) is 64.7 Å². The van der Waals surface area contributed by atoms with E-state index in [1.165, 1.54) is 38.2 Å². The lowest BCUT2D eigenvalue weighted by molar-refractivity contribution is -0.0414. The molecule has 4 aliphatic carbocycles. The molecule has 0 heterocycles. The molecule has 2 bridgehead atoms. The lowest BCUT2D eigenvalue weighted by Crippen LogP contribution is -2.45. The van der Waals surface area contributed by atoms with Crippen LogP contribution in [-0.4, -0.2) is 19.2 Å². The van der Waals surface area contributed by atoms with Gasteiger partial charge in [-0.05, 0) is 61.5 Å². The fourth-order valence-corrected chi connectivity index (χ4v) is 4.65. The molecule has 0 aromatic heterocycles. The van der Waals surface area contributed by atoms with E-state index in [2.05, 4.69) is 0 Å². The predicted octanol–water partition coefficient (Wildman–Crippen LogP) is 5.48. The molecule has 26 heavy (non-hydrogen) atoms. The molecule has 0 aliphatic heterocycles. The van der Waals surface area contributed by atoms with Gasteiger partial charge in [-0.25, -0.2) is 9.18 Å². The van der Waals surface area contributed by atoms with Crippen LogP contribution in [0.2, 0.25) is 0 Å². The van der Waals surface area contributed by atoms with Crippen LogP contribution in [0.1, 0.15) is 80.6 Å². The van der Waals surface area contributed by atoms with Gasteiger partial charge in [-0.15, -0.1) is 0 Å². The monoisotopic (exact) mass is 360 g/mol. The van der Waals surface area contributed by atoms with Crippen LogP contribution < -0.4 is 4.74 Å². The molecule has 1 aromatic rings. The maximum atomic E-state index is 14.6. The topological polar surface area (TPSA) is 35.5 Å². The molecule has 0 saturated heterocycles. The summed E-state index contributed by atoms with van der Waals surface area (Å²) in [6.07, 6.45) is 8.55. The third-order valence-electron chi connectivity index (χ3n) is 6.18. The van der Waals surface area contributed by atoms with Crippen LogP contribution in [0.4, 0.5) is 4.39 Å². The minimum absolute atomic E-state index is 0.0411. The van der Waals surface area contributed by atoms with E-state index in [-0.39, 0.29) is 11.5 Å². The highest BCUT2D eigenvalue weighted by molar-refractivity contribution is 5.90. The van der Waals surface area contributed by atoms with Crippen molar-refractivity contribution in [1.82, 2.24) is 0 Å². The van der Waals surface area contributed by atoms with Crippen molar-refractivity contribution in [2.75, 3.05) is 13.2 Å². The van der Waals surface area contributed by atoms with Gasteiger partial charge in [0.15, 0.2) is 0 Å². The summed E-state index contributed by atoms with van der Waals surface area (Å²) in [7, 11) is 0. The second-order valence-corrected chi connectivity index (χ2v) is 9.09. The zero-order valence-electron chi connectivity index (χ0n) is 15.9. The molecule has 5 rings (SSSR count). The second-order valence-electron chi connectivity index (χ2n) is 9.09. The van der Waals surface area contributed by atoms with Gasteiger partial charge in [0.1, 0.15) is 11.6 Å². The van der Waals surface area contributed by atoms with Gasteiger partial charge in [-0.3, -0.25) is 0 Å². The van der Waals surface area contributed by atoms with Gasteiger partial charge < -0.3 is 9.47 Å². The normalized spacial score (nSPS) is 27.2. The Hall–Kier alpha value is -1.58. The molecule has 4 aliphatic rings. The van der Waals surface area contributed by atoms with Crippen molar-refractivity contribution >= 4 is 5.97 Å². The van der Waals surface area contributed by atoms with E-state index in [0.29, 0.717) is 30.3 Å². The highest BCUT2D eigenvalue weighted by atomic mass is 19.1. The van der Waals surface area contributed by atoms with Crippen LogP contribution in [0.15, 0.2) is 12.1 Å². The number of rotatable bonds is 7. The lowest BCUT2D eigenvalue weighted by atomic mass is 9.54. The molecular formula is C22H29FO3. The molecule has 0 amide bonds. The Bertz CT molecular complexity index is 681. The first-order valence-electron chi connectivity index (χ1n) is 10.1. The summed E-state index contributed by atoms with van der Waals surface area (Å²) in [5, 5.41) is 0. The molecular weight excluding hydrogens is 331 g/mol. The Morgan fingerprint density at radius 3 is 2.65 bits per heavy atom. The molecule has 0 unspecified atom stereocenters. The fraction of sp³-hybridized carbons (Fsp3) is 0.682. The van der Waals surface area contributed by atoms with Crippen LogP contribution in [-0.2, 0) is 4.74 Å². The van der Waals surface area contributed by atoms with Crippen LogP contribution in [0, 0.1) is 23.1 Å². The van der Waals surface area contributed by atoms with Crippen LogP contribution in [0.25, 0.3) is 0 Å². The third-order valence-corrected chi connectivity index (χ3v) is 6.18. The zero-order valence-corrected chi connectivity index (χ0v) is 15.9. The number of halogens is 1. The van der Waals surface area contributed by atoms with Crippen molar-refractivity contribution < 1.29 is 18.7 Å². The number of fused-ring (bicyclic) bond motifs is 2. The highest BCUT2D eigenvalue weighted by Gasteiger charge is 2.47. The number of hydrogen-bond donors (Lipinski definition) is 0. The number of carbonyl (C=O) groups is 1. The molecule has 4 heteroatoms. The number of benzene rings is 1. The Morgan fingerprint density at radius 2 is 2.04 bits per heavy atom. The highest BCUT2D eigenvalue weighted by Crippen LogP contribution is 2.56. The molecule has 3 nitrogen and oxygen atoms in total. The maximum absolute atomic E-state index is 14.6. The minimum atomic E-state index is -0.572. The van der Waals surface area contributed by atoms with Crippen LogP contribution in [0.3, 0.4) is 0 Å². The zero-order chi connectivity index (χ0) is 18.3. The first-order valence-corrected chi connectivity index (χ1v) is 10.1. The summed E-state index contributed by atoms with van der Waals surface area (Å²) in [6, 6.07) is 3.09. The Kier molecular flexibility index (Phi) is 4.70. The molecule has 4 fully saturated rings. The summed E-state index contributed by atoms with van der Waals surface area (Å²) in [6.45, 7) is 4.91. The van der Waals surface area contributed by atoms with E-state index in [9.17, 15) is 9.18 Å². The van der Waals surface area contributed by atoms with Gasteiger partial charge in [0.05, 0.1) is 18.8 Å². The minimum Gasteiger partial charge on any atom is -0.493 e. The largest absolute Gasteiger partial charge is 0.493 e. The van der Waals surface area contributed by atoms with E-state index in [1.54, 1.807) is 6.07 Å². The number of carbonyl (C=O) groups excluding carboxylic acids is 1. The Balaban J connectivity index is 1.49. The summed E-state index contributed by atoms with van der Waals surface area (Å²) in [5.74, 6) is 1.02. The fourth-order valence-electron chi connectivity index (χ4n) is 4.65. The molecule has 0 N–H and O–H groups in total. The van der Waals surface area contributed by atoms with E-state index < -0.39 is 11.8 Å². The van der Waals surface area contributed by atoms with E-state index in [1.807, 2.05) is 13.8 Å². The summed E-state index contributed by atoms with van der Waals surface area (Å²) in [5.41, 5.74) is 1.33. The van der Waals surface area contributed by atoms with Gasteiger partial charge in [0.2, 0.25) is 0 Å². The SMILES string of the molecule is CC(C)COC(=O)c1cc(C2CC2)c(OCC23CCCC(C2)C3)cc1F. The van der Waals surface area contributed by atoms with Crippen molar-refractivity contribution in [3.8, 4) is 5.75 Å².